The molecule has 0 aliphatic carbocycles. The van der Waals surface area contributed by atoms with Crippen molar-refractivity contribution >= 4 is 27.7 Å². The monoisotopic (exact) mass is 290 g/mol. The molecular formula is C12H16BrFS. The van der Waals surface area contributed by atoms with Crippen LogP contribution in [0.5, 0.6) is 0 Å². The minimum Gasteiger partial charge on any atom is -0.207 e. The van der Waals surface area contributed by atoms with E-state index < -0.39 is 0 Å². The second-order valence-electron chi connectivity index (χ2n) is 4.00. The van der Waals surface area contributed by atoms with Gasteiger partial charge in [-0.05, 0) is 23.6 Å². The van der Waals surface area contributed by atoms with Crippen LogP contribution < -0.4 is 0 Å². The summed E-state index contributed by atoms with van der Waals surface area (Å²) in [7, 11) is 0. The Labute approximate surface area is 104 Å². The second-order valence-corrected chi connectivity index (χ2v) is 6.22. The summed E-state index contributed by atoms with van der Waals surface area (Å²) in [5.74, 6) is 1.42. The summed E-state index contributed by atoms with van der Waals surface area (Å²) in [5.41, 5.74) is 1.16. The lowest BCUT2D eigenvalue weighted by molar-refractivity contribution is 0.626. The molecule has 3 heteroatoms. The quantitative estimate of drug-likeness (QED) is 0.763. The maximum Gasteiger partial charge on any atom is 0.124 e. The summed E-state index contributed by atoms with van der Waals surface area (Å²) in [6, 6.07) is 4.89. The van der Waals surface area contributed by atoms with Crippen molar-refractivity contribution < 1.29 is 4.39 Å². The lowest BCUT2D eigenvalue weighted by atomic mass is 10.2. The first-order chi connectivity index (χ1) is 7.00. The Morgan fingerprint density at radius 3 is 2.53 bits per heavy atom. The highest BCUT2D eigenvalue weighted by Gasteiger charge is 2.09. The lowest BCUT2D eigenvalue weighted by Crippen LogP contribution is -2.05. The Bertz CT molecular complexity index is 325. The molecule has 84 valence electrons. The fraction of sp³-hybridized carbons (Fsp3) is 0.500. The Kier molecular flexibility index (Phi) is 5.13. The maximum absolute atomic E-state index is 12.8. The van der Waals surface area contributed by atoms with Crippen LogP contribution in [0.25, 0.3) is 0 Å². The number of hydrogen-bond donors (Lipinski definition) is 0. The summed E-state index contributed by atoms with van der Waals surface area (Å²) >= 11 is 5.29. The van der Waals surface area contributed by atoms with Crippen molar-refractivity contribution in [3.05, 3.63) is 34.1 Å². The van der Waals surface area contributed by atoms with E-state index in [0.717, 1.165) is 15.8 Å². The Morgan fingerprint density at radius 1 is 1.33 bits per heavy atom. The van der Waals surface area contributed by atoms with Gasteiger partial charge in [-0.1, -0.05) is 42.8 Å². The lowest BCUT2D eigenvalue weighted by Gasteiger charge is -2.15. The normalized spacial score (nSPS) is 13.2. The third kappa shape index (κ3) is 4.15. The summed E-state index contributed by atoms with van der Waals surface area (Å²) in [6.07, 6.45) is 0. The fourth-order valence-corrected chi connectivity index (χ4v) is 2.81. The average Bonchev–Trinajstić information content (AvgIpc) is 2.15. The molecule has 0 N–H and O–H groups in total. The van der Waals surface area contributed by atoms with Gasteiger partial charge < -0.3 is 0 Å². The molecule has 1 aromatic carbocycles. The van der Waals surface area contributed by atoms with E-state index in [2.05, 4.69) is 36.7 Å². The molecule has 0 saturated carbocycles. The summed E-state index contributed by atoms with van der Waals surface area (Å²) in [6.45, 7) is 6.67. The van der Waals surface area contributed by atoms with Crippen molar-refractivity contribution in [3.63, 3.8) is 0 Å². The molecule has 0 aromatic heterocycles. The molecule has 0 saturated heterocycles. The van der Waals surface area contributed by atoms with E-state index >= 15 is 0 Å². The Hall–Kier alpha value is -0.0200. The van der Waals surface area contributed by atoms with Gasteiger partial charge >= 0.3 is 0 Å². The zero-order valence-electron chi connectivity index (χ0n) is 9.26. The van der Waals surface area contributed by atoms with Crippen LogP contribution >= 0.6 is 27.7 Å². The minimum atomic E-state index is -0.187. The van der Waals surface area contributed by atoms with Crippen LogP contribution in [-0.2, 0) is 5.75 Å². The van der Waals surface area contributed by atoms with Crippen molar-refractivity contribution in [2.24, 2.45) is 5.92 Å². The third-order valence-corrected chi connectivity index (χ3v) is 4.74. The first-order valence-electron chi connectivity index (χ1n) is 5.06. The largest absolute Gasteiger partial charge is 0.207 e. The molecule has 0 spiro atoms. The average molecular weight is 291 g/mol. The molecule has 0 bridgehead atoms. The van der Waals surface area contributed by atoms with Crippen LogP contribution in [0.3, 0.4) is 0 Å². The van der Waals surface area contributed by atoms with Crippen LogP contribution in [0.1, 0.15) is 26.3 Å². The van der Waals surface area contributed by atoms with Gasteiger partial charge in [-0.2, -0.15) is 11.8 Å². The third-order valence-electron chi connectivity index (χ3n) is 2.46. The first-order valence-corrected chi connectivity index (χ1v) is 6.90. The highest BCUT2D eigenvalue weighted by atomic mass is 79.9. The first kappa shape index (κ1) is 13.0. The Morgan fingerprint density at radius 2 is 2.00 bits per heavy atom. The van der Waals surface area contributed by atoms with E-state index in [1.807, 2.05) is 17.8 Å². The fourth-order valence-electron chi connectivity index (χ4n) is 1.05. The van der Waals surface area contributed by atoms with Crippen LogP contribution in [0.15, 0.2) is 22.7 Å². The molecule has 0 aliphatic heterocycles. The Balaban J connectivity index is 2.58. The minimum absolute atomic E-state index is 0.187. The van der Waals surface area contributed by atoms with Crippen molar-refractivity contribution in [3.8, 4) is 0 Å². The predicted octanol–water partition coefficient (Wildman–Crippen LogP) is 4.87. The molecule has 0 heterocycles. The molecule has 1 atom stereocenters. The smallest absolute Gasteiger partial charge is 0.124 e. The van der Waals surface area contributed by atoms with Gasteiger partial charge in [0.15, 0.2) is 0 Å². The van der Waals surface area contributed by atoms with E-state index in [1.165, 1.54) is 12.1 Å². The molecule has 15 heavy (non-hydrogen) atoms. The van der Waals surface area contributed by atoms with Gasteiger partial charge in [0.1, 0.15) is 5.82 Å². The number of rotatable bonds is 4. The number of hydrogen-bond acceptors (Lipinski definition) is 1. The molecule has 0 aliphatic rings. The van der Waals surface area contributed by atoms with Gasteiger partial charge in [-0.3, -0.25) is 0 Å². The molecule has 1 unspecified atom stereocenters. The van der Waals surface area contributed by atoms with E-state index in [0.29, 0.717) is 11.2 Å². The van der Waals surface area contributed by atoms with Gasteiger partial charge in [0, 0.05) is 15.5 Å². The predicted molar refractivity (Wildman–Crippen MR) is 69.7 cm³/mol. The highest BCUT2D eigenvalue weighted by molar-refractivity contribution is 9.10. The summed E-state index contributed by atoms with van der Waals surface area (Å²) in [4.78, 5) is 0. The van der Waals surface area contributed by atoms with Gasteiger partial charge in [0.25, 0.3) is 0 Å². The van der Waals surface area contributed by atoms with Crippen LogP contribution in [0.2, 0.25) is 0 Å². The molecule has 1 aromatic rings. The zero-order valence-corrected chi connectivity index (χ0v) is 11.7. The van der Waals surface area contributed by atoms with Crippen molar-refractivity contribution in [1.82, 2.24) is 0 Å². The van der Waals surface area contributed by atoms with E-state index in [4.69, 9.17) is 0 Å². The van der Waals surface area contributed by atoms with Crippen molar-refractivity contribution in [2.75, 3.05) is 0 Å². The zero-order chi connectivity index (χ0) is 11.4. The molecule has 0 radical (unpaired) electrons. The van der Waals surface area contributed by atoms with Crippen molar-refractivity contribution in [2.45, 2.75) is 31.8 Å². The topological polar surface area (TPSA) is 0 Å². The highest BCUT2D eigenvalue weighted by Crippen LogP contribution is 2.27. The van der Waals surface area contributed by atoms with E-state index in [9.17, 15) is 4.39 Å². The second kappa shape index (κ2) is 5.90. The van der Waals surface area contributed by atoms with Gasteiger partial charge in [-0.25, -0.2) is 4.39 Å². The number of halogens is 2. The SMILES string of the molecule is CC(C)C(C)SCc1ccc(F)cc1Br. The number of benzene rings is 1. The van der Waals surface area contributed by atoms with Gasteiger partial charge in [0.05, 0.1) is 0 Å². The van der Waals surface area contributed by atoms with Crippen LogP contribution in [-0.4, -0.2) is 5.25 Å². The van der Waals surface area contributed by atoms with Gasteiger partial charge in [0.2, 0.25) is 0 Å². The van der Waals surface area contributed by atoms with Crippen LogP contribution in [0, 0.1) is 11.7 Å². The summed E-state index contributed by atoms with van der Waals surface area (Å²) < 4.78 is 13.7. The molecule has 0 fully saturated rings. The maximum atomic E-state index is 12.8. The van der Waals surface area contributed by atoms with E-state index in [-0.39, 0.29) is 5.82 Å². The van der Waals surface area contributed by atoms with E-state index in [1.54, 1.807) is 0 Å². The standard InChI is InChI=1S/C12H16BrFS/c1-8(2)9(3)15-7-10-4-5-11(14)6-12(10)13/h4-6,8-9H,7H2,1-3H3. The molecule has 1 rings (SSSR count). The van der Waals surface area contributed by atoms with Gasteiger partial charge in [-0.15, -0.1) is 0 Å². The molecule has 0 amide bonds. The van der Waals surface area contributed by atoms with Crippen LogP contribution in [0.4, 0.5) is 4.39 Å². The molecular weight excluding hydrogens is 275 g/mol. The number of thioether (sulfide) groups is 1. The van der Waals surface area contributed by atoms with Crippen molar-refractivity contribution in [1.29, 1.82) is 0 Å². The summed E-state index contributed by atoms with van der Waals surface area (Å²) in [5, 5.41) is 0.627. The molecule has 0 nitrogen and oxygen atoms in total.